The predicted molar refractivity (Wildman–Crippen MR) is 105 cm³/mol. The largest absolute Gasteiger partial charge is 0.307 e. The van der Waals surface area contributed by atoms with Crippen molar-refractivity contribution >= 4 is 45.9 Å². The van der Waals surface area contributed by atoms with Gasteiger partial charge in [-0.05, 0) is 53.3 Å². The summed E-state index contributed by atoms with van der Waals surface area (Å²) in [7, 11) is 0. The first-order chi connectivity index (χ1) is 11.5. The first-order valence-electron chi connectivity index (χ1n) is 7.38. The summed E-state index contributed by atoms with van der Waals surface area (Å²) in [6.07, 6.45) is 0. The number of hydrogen-bond donors (Lipinski definition) is 1. The highest BCUT2D eigenvalue weighted by Gasteiger charge is 2.14. The van der Waals surface area contributed by atoms with E-state index in [2.05, 4.69) is 33.0 Å². The van der Waals surface area contributed by atoms with Gasteiger partial charge >= 0.3 is 0 Å². The van der Waals surface area contributed by atoms with E-state index in [0.717, 1.165) is 14.8 Å². The van der Waals surface area contributed by atoms with Crippen LogP contribution in [-0.2, 0) is 6.54 Å². The lowest BCUT2D eigenvalue weighted by Crippen LogP contribution is -2.17. The third-order valence-corrected chi connectivity index (χ3v) is 4.62. The van der Waals surface area contributed by atoms with Crippen molar-refractivity contribution in [2.75, 3.05) is 5.32 Å². The first kappa shape index (κ1) is 17.0. The molecule has 1 N–H and O–H groups in total. The maximum absolute atomic E-state index is 12.6. The van der Waals surface area contributed by atoms with Gasteiger partial charge in [-0.3, -0.25) is 4.79 Å². The van der Waals surface area contributed by atoms with Gasteiger partial charge in [0, 0.05) is 14.7 Å². The number of carbonyl (C=O) groups excluding carboxylic acids is 1. The summed E-state index contributed by atoms with van der Waals surface area (Å²) in [5, 5.41) is 8.02. The van der Waals surface area contributed by atoms with E-state index in [0.29, 0.717) is 22.9 Å². The number of hydrogen-bond acceptors (Lipinski definition) is 2. The third-order valence-electron chi connectivity index (χ3n) is 3.49. The van der Waals surface area contributed by atoms with Crippen LogP contribution in [0.2, 0.25) is 5.02 Å². The first-order valence-corrected chi connectivity index (χ1v) is 8.83. The maximum Gasteiger partial charge on any atom is 0.257 e. The van der Waals surface area contributed by atoms with Crippen molar-refractivity contribution in [2.45, 2.75) is 13.5 Å². The highest BCUT2D eigenvalue weighted by molar-refractivity contribution is 14.1. The summed E-state index contributed by atoms with van der Waals surface area (Å²) in [6.45, 7) is 2.51. The SMILES string of the molecule is Cc1cc(NC(=O)c2ccc(Cl)cc2I)n(Cc2ccccc2)n1. The molecule has 1 heterocycles. The van der Waals surface area contributed by atoms with E-state index in [9.17, 15) is 4.79 Å². The lowest BCUT2D eigenvalue weighted by Gasteiger charge is -2.10. The van der Waals surface area contributed by atoms with Crippen molar-refractivity contribution in [2.24, 2.45) is 0 Å². The van der Waals surface area contributed by atoms with Crippen LogP contribution < -0.4 is 5.32 Å². The molecule has 0 unspecified atom stereocenters. The van der Waals surface area contributed by atoms with Crippen LogP contribution in [0.1, 0.15) is 21.6 Å². The lowest BCUT2D eigenvalue weighted by atomic mass is 10.2. The Morgan fingerprint density at radius 3 is 2.67 bits per heavy atom. The van der Waals surface area contributed by atoms with E-state index in [4.69, 9.17) is 11.6 Å². The second-order valence-electron chi connectivity index (χ2n) is 5.39. The molecule has 0 saturated heterocycles. The molecule has 122 valence electrons. The van der Waals surface area contributed by atoms with Crippen molar-refractivity contribution in [1.82, 2.24) is 9.78 Å². The monoisotopic (exact) mass is 451 g/mol. The van der Waals surface area contributed by atoms with Gasteiger partial charge in [-0.2, -0.15) is 5.10 Å². The topological polar surface area (TPSA) is 46.9 Å². The van der Waals surface area contributed by atoms with Gasteiger partial charge in [0.25, 0.3) is 5.91 Å². The zero-order valence-electron chi connectivity index (χ0n) is 13.0. The molecule has 0 spiro atoms. The number of amides is 1. The van der Waals surface area contributed by atoms with Gasteiger partial charge < -0.3 is 5.32 Å². The molecule has 0 atom stereocenters. The fourth-order valence-corrected chi connectivity index (χ4v) is 3.50. The molecule has 2 aromatic carbocycles. The summed E-state index contributed by atoms with van der Waals surface area (Å²) < 4.78 is 2.61. The van der Waals surface area contributed by atoms with E-state index in [-0.39, 0.29) is 5.91 Å². The Kier molecular flexibility index (Phi) is 5.20. The maximum atomic E-state index is 12.6. The van der Waals surface area contributed by atoms with Gasteiger partial charge in [-0.1, -0.05) is 41.9 Å². The molecular formula is C18H15ClIN3O. The van der Waals surface area contributed by atoms with Crippen molar-refractivity contribution in [3.05, 3.63) is 80.0 Å². The number of benzene rings is 2. The zero-order chi connectivity index (χ0) is 17.1. The van der Waals surface area contributed by atoms with Crippen LogP contribution in [0, 0.1) is 10.5 Å². The number of carbonyl (C=O) groups is 1. The van der Waals surface area contributed by atoms with Gasteiger partial charge in [0.05, 0.1) is 17.8 Å². The molecule has 0 bridgehead atoms. The number of nitrogens with zero attached hydrogens (tertiary/aromatic N) is 2. The highest BCUT2D eigenvalue weighted by atomic mass is 127. The average Bonchev–Trinajstić information content (AvgIpc) is 2.87. The molecular weight excluding hydrogens is 437 g/mol. The standard InChI is InChI=1S/C18H15ClIN3O/c1-12-9-17(23(22-12)11-13-5-3-2-4-6-13)21-18(24)15-8-7-14(19)10-16(15)20/h2-10H,11H2,1H3,(H,21,24). The predicted octanol–water partition coefficient (Wildman–Crippen LogP) is 4.75. The Morgan fingerprint density at radius 1 is 1.21 bits per heavy atom. The summed E-state index contributed by atoms with van der Waals surface area (Å²) >= 11 is 8.06. The van der Waals surface area contributed by atoms with Crippen molar-refractivity contribution in [1.29, 1.82) is 0 Å². The molecule has 0 radical (unpaired) electrons. The Balaban J connectivity index is 1.83. The molecule has 1 aromatic heterocycles. The minimum Gasteiger partial charge on any atom is -0.307 e. The number of rotatable bonds is 4. The number of nitrogens with one attached hydrogen (secondary N) is 1. The van der Waals surface area contributed by atoms with Crippen LogP contribution in [0.25, 0.3) is 0 Å². The number of halogens is 2. The average molecular weight is 452 g/mol. The van der Waals surface area contributed by atoms with Gasteiger partial charge in [0.2, 0.25) is 0 Å². The summed E-state index contributed by atoms with van der Waals surface area (Å²) in [5.41, 5.74) is 2.56. The van der Waals surface area contributed by atoms with E-state index in [1.807, 2.05) is 43.3 Å². The van der Waals surface area contributed by atoms with Gasteiger partial charge in [0.1, 0.15) is 5.82 Å². The van der Waals surface area contributed by atoms with Crippen molar-refractivity contribution in [3.63, 3.8) is 0 Å². The third kappa shape index (κ3) is 3.96. The molecule has 0 aliphatic heterocycles. The molecule has 4 nitrogen and oxygen atoms in total. The van der Waals surface area contributed by atoms with Gasteiger partial charge in [-0.15, -0.1) is 0 Å². The summed E-state index contributed by atoms with van der Waals surface area (Å²) in [5.74, 6) is 0.498. The van der Waals surface area contributed by atoms with Crippen LogP contribution >= 0.6 is 34.2 Å². The fourth-order valence-electron chi connectivity index (χ4n) is 2.38. The summed E-state index contributed by atoms with van der Waals surface area (Å²) in [4.78, 5) is 12.6. The molecule has 3 aromatic rings. The lowest BCUT2D eigenvalue weighted by molar-refractivity contribution is 0.102. The summed E-state index contributed by atoms with van der Waals surface area (Å²) in [6, 6.07) is 17.1. The molecule has 0 aliphatic rings. The molecule has 0 fully saturated rings. The normalized spacial score (nSPS) is 10.6. The van der Waals surface area contributed by atoms with Crippen molar-refractivity contribution in [3.8, 4) is 0 Å². The van der Waals surface area contributed by atoms with Crippen LogP contribution in [0.5, 0.6) is 0 Å². The molecule has 3 rings (SSSR count). The van der Waals surface area contributed by atoms with Gasteiger partial charge in [-0.25, -0.2) is 4.68 Å². The van der Waals surface area contributed by atoms with E-state index < -0.39 is 0 Å². The fraction of sp³-hybridized carbons (Fsp3) is 0.111. The van der Waals surface area contributed by atoms with Crippen LogP contribution in [-0.4, -0.2) is 15.7 Å². The molecule has 6 heteroatoms. The molecule has 0 saturated carbocycles. The number of aryl methyl sites for hydroxylation is 1. The Hall–Kier alpha value is -1.86. The highest BCUT2D eigenvalue weighted by Crippen LogP contribution is 2.20. The van der Waals surface area contributed by atoms with Crippen LogP contribution in [0.3, 0.4) is 0 Å². The quantitative estimate of drug-likeness (QED) is 0.582. The second kappa shape index (κ2) is 7.36. The van der Waals surface area contributed by atoms with E-state index in [1.165, 1.54) is 0 Å². The molecule has 1 amide bonds. The zero-order valence-corrected chi connectivity index (χ0v) is 15.9. The van der Waals surface area contributed by atoms with Gasteiger partial charge in [0.15, 0.2) is 0 Å². The Morgan fingerprint density at radius 2 is 1.96 bits per heavy atom. The van der Waals surface area contributed by atoms with Crippen LogP contribution in [0.4, 0.5) is 5.82 Å². The number of aromatic nitrogens is 2. The number of anilines is 1. The molecule has 0 aliphatic carbocycles. The van der Waals surface area contributed by atoms with Crippen molar-refractivity contribution < 1.29 is 4.79 Å². The molecule has 24 heavy (non-hydrogen) atoms. The Labute approximate surface area is 159 Å². The minimum absolute atomic E-state index is 0.176. The van der Waals surface area contributed by atoms with E-state index >= 15 is 0 Å². The van der Waals surface area contributed by atoms with E-state index in [1.54, 1.807) is 22.9 Å². The van der Waals surface area contributed by atoms with Crippen LogP contribution in [0.15, 0.2) is 54.6 Å². The minimum atomic E-state index is -0.176. The smallest absolute Gasteiger partial charge is 0.257 e. The second-order valence-corrected chi connectivity index (χ2v) is 6.99. The Bertz CT molecular complexity index is 877.